The van der Waals surface area contributed by atoms with Gasteiger partial charge in [0.15, 0.2) is 5.13 Å². The largest absolute Gasteiger partial charge is 0.309 e. The number of nitrogens with one attached hydrogen (secondary N) is 1. The highest BCUT2D eigenvalue weighted by Crippen LogP contribution is 2.26. The smallest absolute Gasteiger partial charge is 0.266 e. The number of rotatable bonds is 7. The molecule has 2 heterocycles. The minimum atomic E-state index is -4.02. The van der Waals surface area contributed by atoms with E-state index in [9.17, 15) is 17.6 Å². The van der Waals surface area contributed by atoms with Gasteiger partial charge in [-0.05, 0) is 43.3 Å². The lowest BCUT2D eigenvalue weighted by molar-refractivity contribution is -0.114. The summed E-state index contributed by atoms with van der Waals surface area (Å²) in [5.74, 6) is -0.647. The number of sulfonamides is 1. The molecule has 32 heavy (non-hydrogen) atoms. The topological polar surface area (TPSA) is 97.2 Å². The monoisotopic (exact) mass is 471 g/mol. The van der Waals surface area contributed by atoms with Crippen LogP contribution in [0.1, 0.15) is 5.69 Å². The number of nitrogens with zero attached hydrogens (tertiary/aromatic N) is 4. The van der Waals surface area contributed by atoms with Crippen molar-refractivity contribution >= 4 is 38.2 Å². The fraction of sp³-hybridized carbons (Fsp3) is 0.0952. The summed E-state index contributed by atoms with van der Waals surface area (Å²) in [5.41, 5.74) is 1.17. The Balaban J connectivity index is 1.62. The summed E-state index contributed by atoms with van der Waals surface area (Å²) in [6, 6.07) is 15.1. The molecular formula is C21H18FN5O3S2. The molecule has 11 heteroatoms. The molecule has 0 bridgehead atoms. The molecule has 0 saturated heterocycles. The summed E-state index contributed by atoms with van der Waals surface area (Å²) < 4.78 is 42.1. The first kappa shape index (κ1) is 21.7. The molecule has 0 radical (unpaired) electrons. The van der Waals surface area contributed by atoms with E-state index in [1.54, 1.807) is 36.6 Å². The zero-order chi connectivity index (χ0) is 22.7. The van der Waals surface area contributed by atoms with Gasteiger partial charge in [-0.15, -0.1) is 11.3 Å². The van der Waals surface area contributed by atoms with Crippen molar-refractivity contribution in [2.75, 3.05) is 16.2 Å². The number of aromatic nitrogens is 3. The Morgan fingerprint density at radius 2 is 1.88 bits per heavy atom. The second-order valence-electron chi connectivity index (χ2n) is 6.75. The van der Waals surface area contributed by atoms with Gasteiger partial charge in [0, 0.05) is 17.6 Å². The number of benzene rings is 2. The molecule has 1 N–H and O–H groups in total. The van der Waals surface area contributed by atoms with Gasteiger partial charge in [-0.25, -0.2) is 26.8 Å². The first-order valence-corrected chi connectivity index (χ1v) is 11.8. The predicted octanol–water partition coefficient (Wildman–Crippen LogP) is 3.61. The summed E-state index contributed by atoms with van der Waals surface area (Å²) in [4.78, 5) is 17.0. The lowest BCUT2D eigenvalue weighted by atomic mass is 10.3. The van der Waals surface area contributed by atoms with Gasteiger partial charge >= 0.3 is 0 Å². The molecule has 0 unspecified atom stereocenters. The number of hydrogen-bond acceptors (Lipinski definition) is 6. The van der Waals surface area contributed by atoms with E-state index in [0.717, 1.165) is 15.6 Å². The Kier molecular flexibility index (Phi) is 6.01. The van der Waals surface area contributed by atoms with Crippen LogP contribution in [0.4, 0.5) is 15.3 Å². The fourth-order valence-corrected chi connectivity index (χ4v) is 5.26. The maximum Gasteiger partial charge on any atom is 0.266 e. The van der Waals surface area contributed by atoms with Gasteiger partial charge in [0.05, 0.1) is 16.3 Å². The van der Waals surface area contributed by atoms with Crippen LogP contribution in [-0.4, -0.2) is 35.6 Å². The Hall–Kier alpha value is -3.57. The zero-order valence-electron chi connectivity index (χ0n) is 16.8. The number of halogens is 1. The third kappa shape index (κ3) is 4.53. The van der Waals surface area contributed by atoms with Crippen molar-refractivity contribution in [2.24, 2.45) is 0 Å². The average molecular weight is 472 g/mol. The molecule has 0 aliphatic rings. The van der Waals surface area contributed by atoms with E-state index in [0.29, 0.717) is 17.2 Å². The van der Waals surface area contributed by atoms with Gasteiger partial charge in [-0.2, -0.15) is 5.10 Å². The predicted molar refractivity (Wildman–Crippen MR) is 120 cm³/mol. The third-order valence-corrected chi connectivity index (χ3v) is 7.08. The van der Waals surface area contributed by atoms with Crippen molar-refractivity contribution in [3.8, 4) is 5.69 Å². The number of thiazole rings is 1. The molecular weight excluding hydrogens is 453 g/mol. The molecule has 2 aromatic heterocycles. The summed E-state index contributed by atoms with van der Waals surface area (Å²) in [7, 11) is -4.02. The summed E-state index contributed by atoms with van der Waals surface area (Å²) in [6.45, 7) is 1.26. The molecule has 0 spiro atoms. The van der Waals surface area contributed by atoms with E-state index < -0.39 is 28.3 Å². The van der Waals surface area contributed by atoms with Crippen LogP contribution in [0.15, 0.2) is 77.1 Å². The SMILES string of the molecule is Cc1cc(NC(=O)CN(c2nccs2)S(=O)(=O)c2ccccc2)n(-c2ccc(F)cc2)n1. The second-order valence-corrected chi connectivity index (χ2v) is 9.48. The molecule has 0 aliphatic heterocycles. The standard InChI is InChI=1S/C21H18FN5O3S2/c1-15-13-19(27(25-15)17-9-7-16(22)8-10-17)24-20(28)14-26(21-23-11-12-31-21)32(29,30)18-5-3-2-4-6-18/h2-13H,14H2,1H3,(H,24,28). The van der Waals surface area contributed by atoms with Crippen LogP contribution < -0.4 is 9.62 Å². The molecule has 4 aromatic rings. The normalized spacial score (nSPS) is 11.3. The minimum Gasteiger partial charge on any atom is -0.309 e. The Morgan fingerprint density at radius 3 is 2.53 bits per heavy atom. The number of amides is 1. The highest BCUT2D eigenvalue weighted by Gasteiger charge is 2.29. The minimum absolute atomic E-state index is 0.0511. The van der Waals surface area contributed by atoms with Crippen molar-refractivity contribution in [3.63, 3.8) is 0 Å². The number of hydrogen-bond donors (Lipinski definition) is 1. The Labute approximate surface area is 188 Å². The number of anilines is 2. The zero-order valence-corrected chi connectivity index (χ0v) is 18.5. The van der Waals surface area contributed by atoms with Crippen LogP contribution in [0, 0.1) is 12.7 Å². The quantitative estimate of drug-likeness (QED) is 0.444. The van der Waals surface area contributed by atoms with E-state index >= 15 is 0 Å². The summed E-state index contributed by atoms with van der Waals surface area (Å²) >= 11 is 1.11. The molecule has 164 valence electrons. The van der Waals surface area contributed by atoms with Crippen molar-refractivity contribution < 1.29 is 17.6 Å². The maximum absolute atomic E-state index is 13.3. The number of carbonyl (C=O) groups is 1. The van der Waals surface area contributed by atoms with Crippen molar-refractivity contribution in [1.82, 2.24) is 14.8 Å². The maximum atomic E-state index is 13.3. The van der Waals surface area contributed by atoms with E-state index in [4.69, 9.17) is 0 Å². The van der Waals surface area contributed by atoms with Crippen LogP contribution in [0.25, 0.3) is 5.69 Å². The molecule has 0 saturated carbocycles. The van der Waals surface area contributed by atoms with Gasteiger partial charge in [0.1, 0.15) is 18.2 Å². The molecule has 8 nitrogen and oxygen atoms in total. The van der Waals surface area contributed by atoms with Crippen LogP contribution in [0.2, 0.25) is 0 Å². The van der Waals surface area contributed by atoms with E-state index in [1.807, 2.05) is 0 Å². The van der Waals surface area contributed by atoms with Crippen LogP contribution >= 0.6 is 11.3 Å². The average Bonchev–Trinajstić information content (AvgIpc) is 3.43. The Bertz CT molecular complexity index is 1320. The summed E-state index contributed by atoms with van der Waals surface area (Å²) in [6.07, 6.45) is 1.47. The lowest BCUT2D eigenvalue weighted by Crippen LogP contribution is -2.38. The van der Waals surface area contributed by atoms with Crippen LogP contribution in [-0.2, 0) is 14.8 Å². The van der Waals surface area contributed by atoms with Crippen LogP contribution in [0.3, 0.4) is 0 Å². The van der Waals surface area contributed by atoms with E-state index in [-0.39, 0.29) is 10.0 Å². The van der Waals surface area contributed by atoms with Crippen LogP contribution in [0.5, 0.6) is 0 Å². The van der Waals surface area contributed by atoms with Gasteiger partial charge in [-0.1, -0.05) is 18.2 Å². The lowest BCUT2D eigenvalue weighted by Gasteiger charge is -2.21. The van der Waals surface area contributed by atoms with Crippen molar-refractivity contribution in [3.05, 3.63) is 83.8 Å². The van der Waals surface area contributed by atoms with Gasteiger partial charge < -0.3 is 5.32 Å². The van der Waals surface area contributed by atoms with E-state index in [2.05, 4.69) is 15.4 Å². The molecule has 0 aliphatic carbocycles. The fourth-order valence-electron chi connectivity index (χ4n) is 2.99. The second kappa shape index (κ2) is 8.89. The van der Waals surface area contributed by atoms with Crippen molar-refractivity contribution in [2.45, 2.75) is 11.8 Å². The molecule has 4 rings (SSSR count). The molecule has 0 atom stereocenters. The summed E-state index contributed by atoms with van der Waals surface area (Å²) in [5, 5.41) is 8.83. The van der Waals surface area contributed by atoms with Gasteiger partial charge in [0.25, 0.3) is 10.0 Å². The highest BCUT2D eigenvalue weighted by atomic mass is 32.2. The molecule has 2 aromatic carbocycles. The van der Waals surface area contributed by atoms with Gasteiger partial charge in [-0.3, -0.25) is 4.79 Å². The first-order chi connectivity index (χ1) is 15.3. The highest BCUT2D eigenvalue weighted by molar-refractivity contribution is 7.93. The number of aryl methyl sites for hydroxylation is 1. The van der Waals surface area contributed by atoms with Crippen molar-refractivity contribution in [1.29, 1.82) is 0 Å². The number of carbonyl (C=O) groups excluding carboxylic acids is 1. The van der Waals surface area contributed by atoms with E-state index in [1.165, 1.54) is 47.3 Å². The molecule has 1 amide bonds. The molecule has 0 fully saturated rings. The van der Waals surface area contributed by atoms with Gasteiger partial charge in [0.2, 0.25) is 5.91 Å². The third-order valence-electron chi connectivity index (χ3n) is 4.42. The Morgan fingerprint density at radius 1 is 1.16 bits per heavy atom. The first-order valence-electron chi connectivity index (χ1n) is 9.44.